The fraction of sp³-hybridized carbons (Fsp3) is 0.667. The quantitative estimate of drug-likeness (QED) is 0.826. The second-order valence-electron chi connectivity index (χ2n) is 8.82. The second kappa shape index (κ2) is 7.97. The molecule has 0 aliphatic carbocycles. The smallest absolute Gasteiger partial charge is 0.315 e. The summed E-state index contributed by atoms with van der Waals surface area (Å²) in [5, 5.41) is 6.07. The number of amides is 2. The van der Waals surface area contributed by atoms with Crippen LogP contribution in [0.4, 0.5) is 4.79 Å². The van der Waals surface area contributed by atoms with Crippen LogP contribution in [-0.4, -0.2) is 42.9 Å². The molecule has 3 atom stereocenters. The monoisotopic (exact) mass is 375 g/mol. The van der Waals surface area contributed by atoms with Crippen molar-refractivity contribution in [2.24, 2.45) is 11.8 Å². The molecule has 0 aromatic heterocycles. The summed E-state index contributed by atoms with van der Waals surface area (Å²) in [6, 6.07) is 5.51. The lowest BCUT2D eigenvalue weighted by Gasteiger charge is -2.45. The van der Waals surface area contributed by atoms with E-state index >= 15 is 0 Å². The number of piperidine rings is 1. The number of nitrogens with one attached hydrogen (secondary N) is 2. The highest BCUT2D eigenvalue weighted by Crippen LogP contribution is 2.34. The van der Waals surface area contributed by atoms with Gasteiger partial charge in [0.2, 0.25) is 6.79 Å². The van der Waals surface area contributed by atoms with E-state index in [9.17, 15) is 4.79 Å². The fourth-order valence-electron chi connectivity index (χ4n) is 4.08. The van der Waals surface area contributed by atoms with Gasteiger partial charge in [0.15, 0.2) is 11.5 Å². The predicted octanol–water partition coefficient (Wildman–Crippen LogP) is 3.53. The second-order valence-corrected chi connectivity index (χ2v) is 8.82. The number of hydrogen-bond donors (Lipinski definition) is 2. The van der Waals surface area contributed by atoms with Crippen LogP contribution in [0.25, 0.3) is 0 Å². The summed E-state index contributed by atoms with van der Waals surface area (Å²) in [6.45, 7) is 14.1. The van der Waals surface area contributed by atoms with Gasteiger partial charge in [-0.2, -0.15) is 0 Å². The van der Waals surface area contributed by atoms with Gasteiger partial charge in [0.05, 0.1) is 6.04 Å². The molecule has 1 fully saturated rings. The van der Waals surface area contributed by atoms with Crippen LogP contribution in [0.15, 0.2) is 18.2 Å². The Labute approximate surface area is 162 Å². The third kappa shape index (κ3) is 4.86. The van der Waals surface area contributed by atoms with Gasteiger partial charge in [0, 0.05) is 25.2 Å². The Morgan fingerprint density at radius 1 is 1.22 bits per heavy atom. The SMILES string of the molecule is CC1CC(C)CN(C(C)(C)CNC(=O)NC(C)c2ccc3c(c2)OCO3)C1. The molecule has 2 aliphatic rings. The van der Waals surface area contributed by atoms with E-state index in [0.717, 1.165) is 30.2 Å². The Bertz CT molecular complexity index is 667. The average Bonchev–Trinajstić information content (AvgIpc) is 3.07. The van der Waals surface area contributed by atoms with E-state index < -0.39 is 0 Å². The number of ether oxygens (including phenoxy) is 2. The standard InChI is InChI=1S/C21H33N3O3/c1-14-8-15(2)11-24(10-14)21(4,5)12-22-20(25)23-16(3)17-6-7-18-19(9-17)27-13-26-18/h6-7,9,14-16H,8,10-13H2,1-5H3,(H2,22,23,25). The minimum absolute atomic E-state index is 0.0672. The van der Waals surface area contributed by atoms with E-state index in [1.807, 2.05) is 25.1 Å². The van der Waals surface area contributed by atoms with Crippen LogP contribution in [0.3, 0.4) is 0 Å². The third-order valence-electron chi connectivity index (χ3n) is 5.65. The first-order valence-electron chi connectivity index (χ1n) is 9.93. The molecule has 0 bridgehead atoms. The van der Waals surface area contributed by atoms with Crippen molar-refractivity contribution in [3.63, 3.8) is 0 Å². The summed E-state index contributed by atoms with van der Waals surface area (Å²) in [4.78, 5) is 14.9. The number of benzene rings is 1. The summed E-state index contributed by atoms with van der Waals surface area (Å²) in [7, 11) is 0. The van der Waals surface area contributed by atoms with E-state index in [0.29, 0.717) is 18.4 Å². The van der Waals surface area contributed by atoms with Gasteiger partial charge < -0.3 is 20.1 Å². The number of fused-ring (bicyclic) bond motifs is 1. The normalized spacial score (nSPS) is 23.7. The lowest BCUT2D eigenvalue weighted by Crippen LogP contribution is -2.57. The van der Waals surface area contributed by atoms with Crippen LogP contribution in [0, 0.1) is 11.8 Å². The van der Waals surface area contributed by atoms with Crippen molar-refractivity contribution >= 4 is 6.03 Å². The Balaban J connectivity index is 1.51. The van der Waals surface area contributed by atoms with Gasteiger partial charge in [-0.25, -0.2) is 4.79 Å². The Morgan fingerprint density at radius 3 is 2.59 bits per heavy atom. The zero-order chi connectivity index (χ0) is 19.6. The molecule has 2 amide bonds. The summed E-state index contributed by atoms with van der Waals surface area (Å²) in [6.07, 6.45) is 1.29. The molecule has 0 radical (unpaired) electrons. The van der Waals surface area contributed by atoms with E-state index in [1.165, 1.54) is 6.42 Å². The third-order valence-corrected chi connectivity index (χ3v) is 5.65. The van der Waals surface area contributed by atoms with E-state index in [1.54, 1.807) is 0 Å². The first-order valence-corrected chi connectivity index (χ1v) is 9.93. The molecule has 0 spiro atoms. The minimum Gasteiger partial charge on any atom is -0.454 e. The summed E-state index contributed by atoms with van der Waals surface area (Å²) in [5.74, 6) is 2.89. The molecule has 6 heteroatoms. The maximum atomic E-state index is 12.4. The Morgan fingerprint density at radius 2 is 1.89 bits per heavy atom. The van der Waals surface area contributed by atoms with Gasteiger partial charge >= 0.3 is 6.03 Å². The highest BCUT2D eigenvalue weighted by molar-refractivity contribution is 5.74. The predicted molar refractivity (Wildman–Crippen MR) is 106 cm³/mol. The van der Waals surface area contributed by atoms with E-state index in [2.05, 4.69) is 43.2 Å². The first kappa shape index (κ1) is 19.8. The minimum atomic E-state index is -0.147. The topological polar surface area (TPSA) is 62.8 Å². The van der Waals surface area contributed by atoms with Gasteiger partial charge in [-0.3, -0.25) is 4.90 Å². The van der Waals surface area contributed by atoms with Crippen molar-refractivity contribution in [1.29, 1.82) is 0 Å². The number of rotatable bonds is 5. The highest BCUT2D eigenvalue weighted by Gasteiger charge is 2.33. The number of nitrogens with zero attached hydrogens (tertiary/aromatic N) is 1. The molecule has 1 saturated heterocycles. The highest BCUT2D eigenvalue weighted by atomic mass is 16.7. The molecule has 1 aromatic carbocycles. The van der Waals surface area contributed by atoms with Gasteiger partial charge in [0.1, 0.15) is 0 Å². The number of urea groups is 1. The molecule has 2 N–H and O–H groups in total. The van der Waals surface area contributed by atoms with Gasteiger partial charge in [0.25, 0.3) is 0 Å². The molecular formula is C21H33N3O3. The van der Waals surface area contributed by atoms with E-state index in [4.69, 9.17) is 9.47 Å². The number of hydrogen-bond acceptors (Lipinski definition) is 4. The Hall–Kier alpha value is -1.95. The molecule has 3 rings (SSSR count). The molecular weight excluding hydrogens is 342 g/mol. The summed E-state index contributed by atoms with van der Waals surface area (Å²) in [5.41, 5.74) is 0.926. The van der Waals surface area contributed by atoms with Crippen molar-refractivity contribution in [3.8, 4) is 11.5 Å². The van der Waals surface area contributed by atoms with Crippen LogP contribution in [-0.2, 0) is 0 Å². The molecule has 27 heavy (non-hydrogen) atoms. The molecule has 2 aliphatic heterocycles. The van der Waals surface area contributed by atoms with Gasteiger partial charge in [-0.1, -0.05) is 19.9 Å². The Kier molecular flexibility index (Phi) is 5.84. The molecule has 0 saturated carbocycles. The van der Waals surface area contributed by atoms with Crippen molar-refractivity contribution < 1.29 is 14.3 Å². The number of likely N-dealkylation sites (tertiary alicyclic amines) is 1. The lowest BCUT2D eigenvalue weighted by molar-refractivity contribution is 0.0472. The van der Waals surface area contributed by atoms with E-state index in [-0.39, 0.29) is 24.4 Å². The van der Waals surface area contributed by atoms with Crippen molar-refractivity contribution in [2.45, 2.75) is 52.6 Å². The summed E-state index contributed by atoms with van der Waals surface area (Å²) < 4.78 is 10.8. The van der Waals surface area contributed by atoms with Crippen LogP contribution in [0.2, 0.25) is 0 Å². The fourth-order valence-corrected chi connectivity index (χ4v) is 4.08. The molecule has 150 valence electrons. The van der Waals surface area contributed by atoms with Gasteiger partial charge in [-0.05, 0) is 56.7 Å². The van der Waals surface area contributed by atoms with Crippen molar-refractivity contribution in [1.82, 2.24) is 15.5 Å². The summed E-state index contributed by atoms with van der Waals surface area (Å²) >= 11 is 0. The maximum absolute atomic E-state index is 12.4. The molecule has 1 aromatic rings. The number of carbonyl (C=O) groups excluding carboxylic acids is 1. The van der Waals surface area contributed by atoms with Crippen molar-refractivity contribution in [3.05, 3.63) is 23.8 Å². The number of carbonyl (C=O) groups is 1. The zero-order valence-corrected chi connectivity index (χ0v) is 17.2. The lowest BCUT2D eigenvalue weighted by atomic mass is 9.88. The van der Waals surface area contributed by atoms with Crippen LogP contribution in [0.5, 0.6) is 11.5 Å². The van der Waals surface area contributed by atoms with Crippen LogP contribution >= 0.6 is 0 Å². The average molecular weight is 376 g/mol. The molecule has 2 heterocycles. The largest absolute Gasteiger partial charge is 0.454 e. The molecule has 6 nitrogen and oxygen atoms in total. The van der Waals surface area contributed by atoms with Crippen LogP contribution in [0.1, 0.15) is 52.6 Å². The molecule has 3 unspecified atom stereocenters. The zero-order valence-electron chi connectivity index (χ0n) is 17.2. The first-order chi connectivity index (χ1) is 12.7. The maximum Gasteiger partial charge on any atom is 0.315 e. The van der Waals surface area contributed by atoms with Crippen molar-refractivity contribution in [2.75, 3.05) is 26.4 Å². The van der Waals surface area contributed by atoms with Crippen LogP contribution < -0.4 is 20.1 Å². The van der Waals surface area contributed by atoms with Gasteiger partial charge in [-0.15, -0.1) is 0 Å².